The number of anilines is 1. The summed E-state index contributed by atoms with van der Waals surface area (Å²) in [7, 11) is 0. The highest BCUT2D eigenvalue weighted by atomic mass is 14.8. The van der Waals surface area contributed by atoms with Gasteiger partial charge in [-0.15, -0.1) is 0 Å². The van der Waals surface area contributed by atoms with Crippen LogP contribution >= 0.6 is 0 Å². The zero-order chi connectivity index (χ0) is 8.10. The van der Waals surface area contributed by atoms with Crippen molar-refractivity contribution in [2.75, 3.05) is 5.32 Å². The fraction of sp³-hybridized carbons (Fsp3) is 0.200. The smallest absolute Gasteiger partial charge is 0.0379 e. The van der Waals surface area contributed by atoms with Gasteiger partial charge in [-0.1, -0.05) is 25.6 Å². The molecule has 0 saturated heterocycles. The van der Waals surface area contributed by atoms with E-state index in [9.17, 15) is 0 Å². The number of nitrogens with one attached hydrogen (secondary N) is 1. The lowest BCUT2D eigenvalue weighted by molar-refractivity contribution is 1.14. The highest BCUT2D eigenvalue weighted by Gasteiger charge is 1.88. The second-order valence-corrected chi connectivity index (χ2v) is 2.40. The quantitative estimate of drug-likeness (QED) is 0.693. The first-order valence-electron chi connectivity index (χ1n) is 3.83. The molecule has 0 bridgehead atoms. The van der Waals surface area contributed by atoms with E-state index >= 15 is 0 Å². The third-order valence-electron chi connectivity index (χ3n) is 1.63. The molecule has 0 fully saturated rings. The van der Waals surface area contributed by atoms with Crippen molar-refractivity contribution in [1.29, 1.82) is 0 Å². The van der Waals surface area contributed by atoms with Crippen molar-refractivity contribution >= 4 is 5.69 Å². The molecule has 1 nitrogen and oxygen atoms in total. The molecular weight excluding hydrogens is 134 g/mol. The molecule has 0 aromatic heterocycles. The Balaban J connectivity index is 2.74. The van der Waals surface area contributed by atoms with E-state index in [1.165, 1.54) is 5.56 Å². The van der Waals surface area contributed by atoms with Gasteiger partial charge in [-0.05, 0) is 30.3 Å². The van der Waals surface area contributed by atoms with Crippen molar-refractivity contribution in [2.45, 2.75) is 13.3 Å². The summed E-state index contributed by atoms with van der Waals surface area (Å²) in [6.07, 6.45) is 2.77. The maximum absolute atomic E-state index is 3.59. The maximum atomic E-state index is 3.59. The van der Waals surface area contributed by atoms with Gasteiger partial charge in [0.25, 0.3) is 0 Å². The molecule has 0 aliphatic rings. The number of hydrogen-bond donors (Lipinski definition) is 1. The molecule has 1 heteroatoms. The Hall–Kier alpha value is -1.24. The van der Waals surface area contributed by atoms with Crippen LogP contribution in [0.1, 0.15) is 12.5 Å². The summed E-state index contributed by atoms with van der Waals surface area (Å²) in [6, 6.07) is 8.35. The van der Waals surface area contributed by atoms with E-state index in [1.807, 2.05) is 0 Å². The van der Waals surface area contributed by atoms with Crippen LogP contribution in [-0.2, 0) is 6.42 Å². The number of rotatable bonds is 3. The van der Waals surface area contributed by atoms with E-state index in [2.05, 4.69) is 43.1 Å². The minimum Gasteiger partial charge on any atom is -0.362 e. The van der Waals surface area contributed by atoms with Gasteiger partial charge in [0.2, 0.25) is 0 Å². The molecule has 0 atom stereocenters. The van der Waals surface area contributed by atoms with Crippen LogP contribution in [0.15, 0.2) is 37.0 Å². The zero-order valence-electron chi connectivity index (χ0n) is 6.80. The Morgan fingerprint density at radius 3 is 2.45 bits per heavy atom. The number of aryl methyl sites for hydroxylation is 1. The summed E-state index contributed by atoms with van der Waals surface area (Å²) in [6.45, 7) is 5.74. The van der Waals surface area contributed by atoms with Crippen molar-refractivity contribution in [3.8, 4) is 0 Å². The molecule has 0 unspecified atom stereocenters. The van der Waals surface area contributed by atoms with E-state index in [0.29, 0.717) is 0 Å². The third kappa shape index (κ3) is 2.11. The third-order valence-corrected chi connectivity index (χ3v) is 1.63. The second-order valence-electron chi connectivity index (χ2n) is 2.40. The van der Waals surface area contributed by atoms with E-state index < -0.39 is 0 Å². The molecule has 0 spiro atoms. The van der Waals surface area contributed by atoms with Crippen molar-refractivity contribution in [3.05, 3.63) is 42.6 Å². The molecule has 0 amide bonds. The molecule has 0 heterocycles. The zero-order valence-corrected chi connectivity index (χ0v) is 6.80. The fourth-order valence-electron chi connectivity index (χ4n) is 0.955. The van der Waals surface area contributed by atoms with Crippen LogP contribution < -0.4 is 5.32 Å². The van der Waals surface area contributed by atoms with Crippen molar-refractivity contribution in [3.63, 3.8) is 0 Å². The monoisotopic (exact) mass is 147 g/mol. The predicted molar refractivity (Wildman–Crippen MR) is 49.6 cm³/mol. The normalized spacial score (nSPS) is 9.18. The van der Waals surface area contributed by atoms with Gasteiger partial charge in [-0.3, -0.25) is 0 Å². The minimum absolute atomic E-state index is 1.09. The van der Waals surface area contributed by atoms with Crippen LogP contribution in [0.5, 0.6) is 0 Å². The van der Waals surface area contributed by atoms with Gasteiger partial charge >= 0.3 is 0 Å². The Morgan fingerprint density at radius 2 is 2.00 bits per heavy atom. The lowest BCUT2D eigenvalue weighted by atomic mass is 10.1. The van der Waals surface area contributed by atoms with Gasteiger partial charge in [0.15, 0.2) is 0 Å². The lowest BCUT2D eigenvalue weighted by Gasteiger charge is -2.00. The molecule has 1 N–H and O–H groups in total. The molecule has 1 aromatic rings. The SMILES string of the molecule is C=CNc1ccc(CC)cc1. The standard InChI is InChI=1S/C10H13N/c1-3-9-5-7-10(8-6-9)11-4-2/h4-8,11H,2-3H2,1H3. The van der Waals surface area contributed by atoms with Crippen molar-refractivity contribution in [2.24, 2.45) is 0 Å². The van der Waals surface area contributed by atoms with Gasteiger partial charge in [-0.2, -0.15) is 0 Å². The van der Waals surface area contributed by atoms with E-state index in [0.717, 1.165) is 12.1 Å². The molecule has 0 saturated carbocycles. The summed E-state index contributed by atoms with van der Waals surface area (Å²) in [5, 5.41) is 3.02. The fourth-order valence-corrected chi connectivity index (χ4v) is 0.955. The summed E-state index contributed by atoms with van der Waals surface area (Å²) in [4.78, 5) is 0. The van der Waals surface area contributed by atoms with Crippen LogP contribution in [0.2, 0.25) is 0 Å². The van der Waals surface area contributed by atoms with Crippen LogP contribution in [0.3, 0.4) is 0 Å². The Morgan fingerprint density at radius 1 is 1.36 bits per heavy atom. The van der Waals surface area contributed by atoms with Gasteiger partial charge in [0, 0.05) is 5.69 Å². The first-order chi connectivity index (χ1) is 5.36. The van der Waals surface area contributed by atoms with Crippen molar-refractivity contribution in [1.82, 2.24) is 0 Å². The molecule has 1 aromatic carbocycles. The number of hydrogen-bond acceptors (Lipinski definition) is 1. The average molecular weight is 147 g/mol. The van der Waals surface area contributed by atoms with Gasteiger partial charge in [0.1, 0.15) is 0 Å². The first-order valence-corrected chi connectivity index (χ1v) is 3.83. The highest BCUT2D eigenvalue weighted by molar-refractivity contribution is 5.46. The van der Waals surface area contributed by atoms with Crippen LogP contribution in [0.25, 0.3) is 0 Å². The van der Waals surface area contributed by atoms with Crippen molar-refractivity contribution < 1.29 is 0 Å². The molecular formula is C10H13N. The lowest BCUT2D eigenvalue weighted by Crippen LogP contribution is -1.86. The highest BCUT2D eigenvalue weighted by Crippen LogP contribution is 2.09. The molecule has 11 heavy (non-hydrogen) atoms. The summed E-state index contributed by atoms with van der Waals surface area (Å²) in [5.74, 6) is 0. The Kier molecular flexibility index (Phi) is 2.73. The summed E-state index contributed by atoms with van der Waals surface area (Å²) >= 11 is 0. The molecule has 1 rings (SSSR count). The summed E-state index contributed by atoms with van der Waals surface area (Å²) in [5.41, 5.74) is 2.46. The molecule has 0 aliphatic heterocycles. The molecule has 58 valence electrons. The van der Waals surface area contributed by atoms with Gasteiger partial charge in [-0.25, -0.2) is 0 Å². The van der Waals surface area contributed by atoms with Crippen LogP contribution in [0.4, 0.5) is 5.69 Å². The summed E-state index contributed by atoms with van der Waals surface area (Å²) < 4.78 is 0. The first kappa shape index (κ1) is 7.86. The Bertz CT molecular complexity index is 223. The second kappa shape index (κ2) is 3.81. The van der Waals surface area contributed by atoms with E-state index in [4.69, 9.17) is 0 Å². The topological polar surface area (TPSA) is 12.0 Å². The molecule has 0 radical (unpaired) electrons. The number of benzene rings is 1. The maximum Gasteiger partial charge on any atom is 0.0379 e. The largest absolute Gasteiger partial charge is 0.362 e. The Labute approximate surface area is 67.8 Å². The molecule has 0 aliphatic carbocycles. The van der Waals surface area contributed by atoms with Crippen LogP contribution in [0, 0.1) is 0 Å². The van der Waals surface area contributed by atoms with Gasteiger partial charge in [0.05, 0.1) is 0 Å². The predicted octanol–water partition coefficient (Wildman–Crippen LogP) is 2.80. The van der Waals surface area contributed by atoms with Gasteiger partial charge < -0.3 is 5.32 Å². The van der Waals surface area contributed by atoms with Crippen LogP contribution in [-0.4, -0.2) is 0 Å². The average Bonchev–Trinajstić information content (AvgIpc) is 2.07. The minimum atomic E-state index is 1.09. The van der Waals surface area contributed by atoms with E-state index in [-0.39, 0.29) is 0 Å². The van der Waals surface area contributed by atoms with E-state index in [1.54, 1.807) is 6.20 Å².